The van der Waals surface area contributed by atoms with Crippen molar-refractivity contribution in [3.05, 3.63) is 17.8 Å². The lowest BCUT2D eigenvalue weighted by atomic mass is 10.2. The molecule has 2 saturated heterocycles. The molecule has 0 saturated carbocycles. The van der Waals surface area contributed by atoms with Gasteiger partial charge in [0.2, 0.25) is 5.91 Å². The van der Waals surface area contributed by atoms with Crippen LogP contribution < -0.4 is 10.2 Å². The summed E-state index contributed by atoms with van der Waals surface area (Å²) in [5.41, 5.74) is 0. The number of rotatable bonds is 4. The van der Waals surface area contributed by atoms with E-state index in [1.54, 1.807) is 17.7 Å². The number of amides is 1. The number of carbonyl (C=O) groups is 1. The molecule has 0 unspecified atom stereocenters. The first-order valence-corrected chi connectivity index (χ1v) is 9.83. The van der Waals surface area contributed by atoms with Crippen molar-refractivity contribution < 1.29 is 4.79 Å². The molecular weight excluding hydrogens is 407 g/mol. The lowest BCUT2D eigenvalue weighted by molar-refractivity contribution is -0.132. The molecule has 0 atom stereocenters. The van der Waals surface area contributed by atoms with Crippen LogP contribution in [0.5, 0.6) is 0 Å². The molecule has 2 aromatic rings. The van der Waals surface area contributed by atoms with Gasteiger partial charge in [0.1, 0.15) is 17.0 Å². The fourth-order valence-electron chi connectivity index (χ4n) is 3.54. The first-order chi connectivity index (χ1) is 12.3. The Bertz CT molecular complexity index is 731. The Hall–Kier alpha value is -1.19. The van der Waals surface area contributed by atoms with Crippen molar-refractivity contribution in [2.45, 2.75) is 6.42 Å². The highest BCUT2D eigenvalue weighted by Gasteiger charge is 2.22. The quantitative estimate of drug-likeness (QED) is 0.788. The summed E-state index contributed by atoms with van der Waals surface area (Å²) in [5, 5.41) is 6.50. The third-order valence-electron chi connectivity index (χ3n) is 5.02. The summed E-state index contributed by atoms with van der Waals surface area (Å²) in [6, 6.07) is 2.11. The van der Waals surface area contributed by atoms with Crippen LogP contribution in [0.15, 0.2) is 17.8 Å². The standard InChI is InChI=1S/C17H24N6OS.2ClH/c24-15(22-6-3-18-4-7-22)1-5-21-8-10-23(11-9-21)16-14-2-12-25-17(14)20-13-19-16;;/h2,12-13,18H,1,3-11H2;2*1H. The van der Waals surface area contributed by atoms with Crippen molar-refractivity contribution in [1.82, 2.24) is 25.1 Å². The zero-order valence-corrected chi connectivity index (χ0v) is 17.6. The van der Waals surface area contributed by atoms with Crippen molar-refractivity contribution in [2.75, 3.05) is 63.8 Å². The zero-order valence-electron chi connectivity index (χ0n) is 15.2. The van der Waals surface area contributed by atoms with E-state index in [9.17, 15) is 4.79 Å². The van der Waals surface area contributed by atoms with E-state index in [2.05, 4.69) is 36.5 Å². The molecule has 2 aromatic heterocycles. The number of nitrogens with one attached hydrogen (secondary N) is 1. The molecule has 0 radical (unpaired) electrons. The van der Waals surface area contributed by atoms with Gasteiger partial charge in [-0.25, -0.2) is 9.97 Å². The minimum atomic E-state index is 0. The molecule has 2 fully saturated rings. The first-order valence-electron chi connectivity index (χ1n) is 8.95. The van der Waals surface area contributed by atoms with Gasteiger partial charge in [0.15, 0.2) is 0 Å². The van der Waals surface area contributed by atoms with E-state index in [0.29, 0.717) is 12.3 Å². The van der Waals surface area contributed by atoms with Crippen LogP contribution in [0, 0.1) is 0 Å². The average molecular weight is 433 g/mol. The lowest BCUT2D eigenvalue weighted by Gasteiger charge is -2.36. The molecule has 4 heterocycles. The van der Waals surface area contributed by atoms with Crippen LogP contribution in [-0.2, 0) is 4.79 Å². The SMILES string of the molecule is Cl.Cl.O=C(CCN1CCN(c2ncnc3sccc23)CC1)N1CCNCC1. The van der Waals surface area contributed by atoms with E-state index in [1.165, 1.54) is 0 Å². The molecule has 0 bridgehead atoms. The highest BCUT2D eigenvalue weighted by Crippen LogP contribution is 2.27. The van der Waals surface area contributed by atoms with Crippen LogP contribution in [-0.4, -0.2) is 84.6 Å². The van der Waals surface area contributed by atoms with E-state index in [4.69, 9.17) is 0 Å². The lowest BCUT2D eigenvalue weighted by Crippen LogP contribution is -2.49. The van der Waals surface area contributed by atoms with E-state index in [1.807, 2.05) is 4.90 Å². The summed E-state index contributed by atoms with van der Waals surface area (Å²) in [6.45, 7) is 8.23. The second kappa shape index (κ2) is 10.4. The smallest absolute Gasteiger partial charge is 0.223 e. The summed E-state index contributed by atoms with van der Waals surface area (Å²) >= 11 is 1.66. The zero-order chi connectivity index (χ0) is 17.1. The summed E-state index contributed by atoms with van der Waals surface area (Å²) in [4.78, 5) is 28.9. The molecule has 27 heavy (non-hydrogen) atoms. The topological polar surface area (TPSA) is 64.6 Å². The molecule has 7 nitrogen and oxygen atoms in total. The second-order valence-corrected chi connectivity index (χ2v) is 7.44. The van der Waals surface area contributed by atoms with Gasteiger partial charge < -0.3 is 15.1 Å². The first kappa shape index (κ1) is 22.1. The average Bonchev–Trinajstić information content (AvgIpc) is 3.16. The Morgan fingerprint density at radius 3 is 2.56 bits per heavy atom. The molecule has 0 aromatic carbocycles. The maximum absolute atomic E-state index is 12.3. The van der Waals surface area contributed by atoms with Crippen LogP contribution in [0.4, 0.5) is 5.82 Å². The summed E-state index contributed by atoms with van der Waals surface area (Å²) in [5.74, 6) is 1.34. The van der Waals surface area contributed by atoms with Gasteiger partial charge in [-0.1, -0.05) is 0 Å². The van der Waals surface area contributed by atoms with Crippen molar-refractivity contribution in [1.29, 1.82) is 0 Å². The third kappa shape index (κ3) is 5.20. The largest absolute Gasteiger partial charge is 0.353 e. The van der Waals surface area contributed by atoms with Crippen molar-refractivity contribution in [3.8, 4) is 0 Å². The third-order valence-corrected chi connectivity index (χ3v) is 5.84. The Morgan fingerprint density at radius 1 is 1.07 bits per heavy atom. The molecule has 150 valence electrons. The normalized spacial score (nSPS) is 18.1. The highest BCUT2D eigenvalue weighted by atomic mass is 35.5. The van der Waals surface area contributed by atoms with Crippen molar-refractivity contribution in [2.24, 2.45) is 0 Å². The summed E-state index contributed by atoms with van der Waals surface area (Å²) in [7, 11) is 0. The molecule has 10 heteroatoms. The maximum Gasteiger partial charge on any atom is 0.223 e. The second-order valence-electron chi connectivity index (χ2n) is 6.55. The van der Waals surface area contributed by atoms with Crippen molar-refractivity contribution >= 4 is 58.1 Å². The minimum absolute atomic E-state index is 0. The number of halogens is 2. The summed E-state index contributed by atoms with van der Waals surface area (Å²) < 4.78 is 0. The number of thiophene rings is 1. The molecular formula is C17H26Cl2N6OS. The van der Waals surface area contributed by atoms with Crippen LogP contribution in [0.1, 0.15) is 6.42 Å². The summed E-state index contributed by atoms with van der Waals surface area (Å²) in [6.07, 6.45) is 2.29. The fraction of sp³-hybridized carbons (Fsp3) is 0.588. The number of fused-ring (bicyclic) bond motifs is 1. The number of piperazine rings is 2. The number of nitrogens with zero attached hydrogens (tertiary/aromatic N) is 5. The van der Waals surface area contributed by atoms with Gasteiger partial charge in [0, 0.05) is 65.3 Å². The van der Waals surface area contributed by atoms with Gasteiger partial charge in [-0.05, 0) is 11.4 Å². The van der Waals surface area contributed by atoms with Gasteiger partial charge in [-0.2, -0.15) is 0 Å². The van der Waals surface area contributed by atoms with Crippen LogP contribution in [0.2, 0.25) is 0 Å². The number of hydrogen-bond acceptors (Lipinski definition) is 7. The Labute approximate surface area is 175 Å². The van der Waals surface area contributed by atoms with E-state index >= 15 is 0 Å². The monoisotopic (exact) mass is 432 g/mol. The van der Waals surface area contributed by atoms with Gasteiger partial charge in [0.05, 0.1) is 5.39 Å². The van der Waals surface area contributed by atoms with Gasteiger partial charge in [-0.15, -0.1) is 36.2 Å². The predicted octanol–water partition coefficient (Wildman–Crippen LogP) is 1.48. The predicted molar refractivity (Wildman–Crippen MR) is 115 cm³/mol. The number of anilines is 1. The van der Waals surface area contributed by atoms with Gasteiger partial charge in [0.25, 0.3) is 0 Å². The molecule has 4 rings (SSSR count). The van der Waals surface area contributed by atoms with Crippen LogP contribution >= 0.6 is 36.2 Å². The Kier molecular flexibility index (Phi) is 8.50. The fourth-order valence-corrected chi connectivity index (χ4v) is 4.27. The maximum atomic E-state index is 12.3. The van der Waals surface area contributed by atoms with Crippen LogP contribution in [0.3, 0.4) is 0 Å². The van der Waals surface area contributed by atoms with E-state index in [-0.39, 0.29) is 24.8 Å². The van der Waals surface area contributed by atoms with E-state index < -0.39 is 0 Å². The molecule has 1 amide bonds. The van der Waals surface area contributed by atoms with Gasteiger partial charge in [-0.3, -0.25) is 9.69 Å². The molecule has 2 aliphatic rings. The highest BCUT2D eigenvalue weighted by molar-refractivity contribution is 7.16. The number of carbonyl (C=O) groups excluding carboxylic acids is 1. The number of aromatic nitrogens is 2. The van der Waals surface area contributed by atoms with Crippen LogP contribution in [0.25, 0.3) is 10.2 Å². The number of hydrogen-bond donors (Lipinski definition) is 1. The molecule has 2 aliphatic heterocycles. The molecule has 0 spiro atoms. The van der Waals surface area contributed by atoms with Gasteiger partial charge >= 0.3 is 0 Å². The molecule has 0 aliphatic carbocycles. The van der Waals surface area contributed by atoms with Crippen molar-refractivity contribution in [3.63, 3.8) is 0 Å². The minimum Gasteiger partial charge on any atom is -0.353 e. The Balaban J connectivity index is 0.00000131. The Morgan fingerprint density at radius 2 is 1.81 bits per heavy atom. The van der Waals surface area contributed by atoms with E-state index in [0.717, 1.165) is 74.9 Å². The molecule has 1 N–H and O–H groups in total.